The number of carbonyl (C=O) groups excluding carboxylic acids is 3. The number of methoxy groups -OCH3 is 1. The molecule has 1 unspecified atom stereocenters. The van der Waals surface area contributed by atoms with Gasteiger partial charge in [0.2, 0.25) is 0 Å². The monoisotopic (exact) mass is 900 g/mol. The van der Waals surface area contributed by atoms with Crippen LogP contribution in [0, 0.1) is 28.6 Å². The summed E-state index contributed by atoms with van der Waals surface area (Å²) in [7, 11) is 3.82. The molecule has 6 fully saturated rings. The molecule has 11 nitrogen and oxygen atoms in total. The Kier molecular flexibility index (Phi) is 13.3. The second-order valence-electron chi connectivity index (χ2n) is 19.2. The van der Waals surface area contributed by atoms with Gasteiger partial charge in [0.25, 0.3) is 0 Å². The number of hydrogen-bond acceptors (Lipinski definition) is 9. The number of aliphatic hydroxyl groups is 1. The average molecular weight is 903 g/mol. The van der Waals surface area contributed by atoms with Crippen molar-refractivity contribution in [1.82, 2.24) is 9.80 Å². The molecule has 4 aliphatic carbocycles. The summed E-state index contributed by atoms with van der Waals surface area (Å²) in [4.78, 5) is 43.0. The van der Waals surface area contributed by atoms with Crippen LogP contribution < -0.4 is 0 Å². The molecule has 0 spiro atoms. The zero-order valence-corrected chi connectivity index (χ0v) is 37.7. The Labute approximate surface area is 347 Å². The Balaban J connectivity index is 1.30. The summed E-state index contributed by atoms with van der Waals surface area (Å²) >= 11 is 7.51. The highest BCUT2D eigenvalue weighted by Crippen LogP contribution is 2.68. The van der Waals surface area contributed by atoms with Crippen LogP contribution in [0.15, 0.2) is 12.7 Å². The van der Waals surface area contributed by atoms with Crippen molar-refractivity contribution in [3.63, 3.8) is 0 Å². The van der Waals surface area contributed by atoms with Crippen molar-refractivity contribution in [2.24, 2.45) is 28.6 Å². The number of fused-ring (bicyclic) bond motifs is 5. The van der Waals surface area contributed by atoms with Gasteiger partial charge < -0.3 is 28.3 Å². The van der Waals surface area contributed by atoms with Crippen molar-refractivity contribution < 1.29 is 42.7 Å². The second-order valence-corrected chi connectivity index (χ2v) is 21.1. The van der Waals surface area contributed by atoms with Crippen LogP contribution in [0.2, 0.25) is 0 Å². The van der Waals surface area contributed by atoms with E-state index in [1.54, 1.807) is 6.92 Å². The Morgan fingerprint density at radius 1 is 0.964 bits per heavy atom. The molecule has 6 aliphatic rings. The first-order valence-corrected chi connectivity index (χ1v) is 23.1. The lowest BCUT2D eigenvalue weighted by atomic mass is 9.42. The summed E-state index contributed by atoms with van der Waals surface area (Å²) in [5.74, 6) is 0.391. The number of ether oxygens (including phenoxy) is 3. The van der Waals surface area contributed by atoms with Crippen LogP contribution >= 0.6 is 31.9 Å². The fourth-order valence-electron chi connectivity index (χ4n) is 13.2. The van der Waals surface area contributed by atoms with Gasteiger partial charge in [-0.2, -0.15) is 0 Å². The number of likely N-dealkylation sites (N-methyl/N-ethyl adjacent to an activating group) is 1. The maximum Gasteiger partial charge on any atom is 0.311 e. The highest BCUT2D eigenvalue weighted by Gasteiger charge is 2.70. The van der Waals surface area contributed by atoms with Crippen molar-refractivity contribution >= 4 is 49.8 Å². The number of alkyl halides is 2. The Bertz CT molecular complexity index is 1420. The van der Waals surface area contributed by atoms with Gasteiger partial charge in [-0.3, -0.25) is 24.2 Å². The third kappa shape index (κ3) is 8.38. The summed E-state index contributed by atoms with van der Waals surface area (Å²) in [6, 6.07) is 0.0765. The molecule has 13 heteroatoms. The van der Waals surface area contributed by atoms with Crippen molar-refractivity contribution in [2.75, 3.05) is 91.5 Å². The standard InChI is InChI=1S/C42H70Br2N4O7/c1-8-18-48(19-11-38(51)53-7)22-16-46(17-23-48)37-24-33-34(41(5)13-9-32(54-29(2)49)26-42(37,41)52)10-12-40(4)35(33)25-36(39(40)55-30(3)50)45-14-20-47(6,21-15-45)28-31(44)27-43/h8,31-37,39,52H,1,9-28H2,2-7H3/q+2/t31?,32-,33+,34-,35-,36-,37+,39-,40-,41+,42-/m0/s1. The fourth-order valence-corrected chi connectivity index (χ4v) is 14.1. The summed E-state index contributed by atoms with van der Waals surface area (Å²) in [5, 5.41) is 14.3. The maximum atomic E-state index is 13.4. The van der Waals surface area contributed by atoms with Crippen LogP contribution in [0.1, 0.15) is 79.1 Å². The molecule has 0 bridgehead atoms. The quantitative estimate of drug-likeness (QED) is 0.0977. The number of hydrogen-bond donors (Lipinski definition) is 1. The van der Waals surface area contributed by atoms with E-state index in [1.807, 2.05) is 6.08 Å². The molecular weight excluding hydrogens is 832 g/mol. The lowest BCUT2D eigenvalue weighted by Gasteiger charge is -2.67. The molecule has 0 aromatic rings. The number of piperazine rings is 2. The van der Waals surface area contributed by atoms with E-state index in [4.69, 9.17) is 14.2 Å². The highest BCUT2D eigenvalue weighted by atomic mass is 79.9. The molecule has 0 radical (unpaired) electrons. The lowest BCUT2D eigenvalue weighted by Crippen LogP contribution is -2.74. The van der Waals surface area contributed by atoms with Crippen molar-refractivity contribution in [3.8, 4) is 0 Å². The summed E-state index contributed by atoms with van der Waals surface area (Å²) in [6.45, 7) is 21.9. The number of carbonyl (C=O) groups is 3. The summed E-state index contributed by atoms with van der Waals surface area (Å²) in [5.41, 5.74) is -1.53. The van der Waals surface area contributed by atoms with Crippen LogP contribution in [-0.4, -0.2) is 168 Å². The third-order valence-corrected chi connectivity index (χ3v) is 18.5. The Morgan fingerprint density at radius 2 is 1.62 bits per heavy atom. The van der Waals surface area contributed by atoms with E-state index >= 15 is 0 Å². The number of halogens is 2. The molecule has 11 atom stereocenters. The average Bonchev–Trinajstić information content (AvgIpc) is 3.42. The Morgan fingerprint density at radius 3 is 2.22 bits per heavy atom. The molecule has 0 aromatic carbocycles. The topological polar surface area (TPSA) is 106 Å². The SMILES string of the molecule is C=CC[N+]1(CCC(=O)OC)CCN([C@@H]2C[C@H]3[C@@H]4C[C@H](N5CC[N+](C)(CC(Br)CBr)CC5)[C@H](OC(C)=O)[C@@]4(C)CC[C@@H]3[C@@]3(C)CC[C@H](OC(C)=O)C[C@]23O)CC1. The first kappa shape index (κ1) is 43.5. The summed E-state index contributed by atoms with van der Waals surface area (Å²) in [6.07, 6.45) is 7.76. The van der Waals surface area contributed by atoms with Gasteiger partial charge in [0.1, 0.15) is 12.2 Å². The number of nitrogens with zero attached hydrogens (tertiary/aromatic N) is 4. The predicted molar refractivity (Wildman–Crippen MR) is 220 cm³/mol. The largest absolute Gasteiger partial charge is 0.469 e. The van der Waals surface area contributed by atoms with Crippen LogP contribution in [-0.2, 0) is 28.6 Å². The molecule has 4 saturated carbocycles. The molecule has 312 valence electrons. The molecular formula is C42H70Br2N4O7+2. The molecule has 0 aromatic heterocycles. The molecule has 2 heterocycles. The predicted octanol–water partition coefficient (Wildman–Crippen LogP) is 4.77. The summed E-state index contributed by atoms with van der Waals surface area (Å²) < 4.78 is 19.2. The second kappa shape index (κ2) is 16.9. The first-order chi connectivity index (χ1) is 25.9. The van der Waals surface area contributed by atoms with E-state index in [9.17, 15) is 19.5 Å². The van der Waals surface area contributed by atoms with Gasteiger partial charge >= 0.3 is 17.9 Å². The minimum absolute atomic E-state index is 0.100. The van der Waals surface area contributed by atoms with Gasteiger partial charge in [-0.05, 0) is 62.4 Å². The smallest absolute Gasteiger partial charge is 0.311 e. The van der Waals surface area contributed by atoms with Crippen LogP contribution in [0.5, 0.6) is 0 Å². The number of esters is 3. The van der Waals surface area contributed by atoms with Crippen molar-refractivity contribution in [1.29, 1.82) is 0 Å². The van der Waals surface area contributed by atoms with E-state index in [0.29, 0.717) is 42.0 Å². The van der Waals surface area contributed by atoms with E-state index in [-0.39, 0.29) is 53.0 Å². The van der Waals surface area contributed by atoms with Crippen LogP contribution in [0.4, 0.5) is 0 Å². The van der Waals surface area contributed by atoms with Gasteiger partial charge in [0.05, 0.1) is 76.8 Å². The van der Waals surface area contributed by atoms with E-state index in [1.165, 1.54) is 14.0 Å². The maximum absolute atomic E-state index is 13.4. The first-order valence-electron chi connectivity index (χ1n) is 21.1. The van der Waals surface area contributed by atoms with Crippen LogP contribution in [0.25, 0.3) is 0 Å². The number of rotatable bonds is 12. The molecule has 1 N–H and O–H groups in total. The number of quaternary nitrogens is 2. The van der Waals surface area contributed by atoms with Gasteiger partial charge in [-0.1, -0.05) is 52.3 Å². The lowest BCUT2D eigenvalue weighted by molar-refractivity contribution is -0.926. The zero-order valence-electron chi connectivity index (χ0n) is 34.5. The van der Waals surface area contributed by atoms with E-state index < -0.39 is 5.60 Å². The molecule has 55 heavy (non-hydrogen) atoms. The third-order valence-electron chi connectivity index (χ3n) is 16.2. The highest BCUT2D eigenvalue weighted by molar-refractivity contribution is 9.12. The van der Waals surface area contributed by atoms with Gasteiger partial charge in [0.15, 0.2) is 0 Å². The van der Waals surface area contributed by atoms with E-state index in [0.717, 1.165) is 118 Å². The fraction of sp³-hybridized carbons (Fsp3) is 0.881. The van der Waals surface area contributed by atoms with Crippen molar-refractivity contribution in [2.45, 2.75) is 114 Å². The minimum Gasteiger partial charge on any atom is -0.469 e. The zero-order chi connectivity index (χ0) is 40.0. The minimum atomic E-state index is -1.03. The molecule has 2 saturated heterocycles. The molecule has 0 amide bonds. The van der Waals surface area contributed by atoms with Gasteiger partial charge in [-0.25, -0.2) is 0 Å². The normalized spacial score (nSPS) is 40.5. The van der Waals surface area contributed by atoms with E-state index in [2.05, 4.69) is 69.1 Å². The van der Waals surface area contributed by atoms with Gasteiger partial charge in [0, 0.05) is 74.7 Å². The van der Waals surface area contributed by atoms with Gasteiger partial charge in [-0.15, -0.1) is 0 Å². The molecule has 6 rings (SSSR count). The van der Waals surface area contributed by atoms with Crippen molar-refractivity contribution in [3.05, 3.63) is 12.7 Å². The Hall–Kier alpha value is -1.09. The molecule has 2 aliphatic heterocycles. The van der Waals surface area contributed by atoms with Crippen LogP contribution in [0.3, 0.4) is 0 Å².